The first-order chi connectivity index (χ1) is 13.1. The highest BCUT2D eigenvalue weighted by Crippen LogP contribution is 2.27. The Bertz CT molecular complexity index is 1120. The Kier molecular flexibility index (Phi) is 4.60. The predicted molar refractivity (Wildman–Crippen MR) is 103 cm³/mol. The summed E-state index contributed by atoms with van der Waals surface area (Å²) in [4.78, 5) is 16.7. The quantitative estimate of drug-likeness (QED) is 0.511. The van der Waals surface area contributed by atoms with Crippen molar-refractivity contribution in [3.63, 3.8) is 0 Å². The normalized spacial score (nSPS) is 10.9. The number of hydrogen-bond acceptors (Lipinski definition) is 3. The molecule has 3 aromatic carbocycles. The van der Waals surface area contributed by atoms with E-state index in [9.17, 15) is 9.18 Å². The Hall–Kier alpha value is -3.18. The molecule has 0 radical (unpaired) electrons. The topological polar surface area (TPSA) is 55.1 Å². The van der Waals surface area contributed by atoms with Crippen LogP contribution in [-0.4, -0.2) is 10.9 Å². The summed E-state index contributed by atoms with van der Waals surface area (Å²) in [5.74, 6) is -0.0621. The zero-order valence-corrected chi connectivity index (χ0v) is 14.8. The monoisotopic (exact) mass is 380 g/mol. The first-order valence-electron chi connectivity index (χ1n) is 8.28. The second-order valence-electron chi connectivity index (χ2n) is 6.06. The number of anilines is 1. The van der Waals surface area contributed by atoms with Gasteiger partial charge in [-0.3, -0.25) is 4.79 Å². The molecule has 0 unspecified atom stereocenters. The van der Waals surface area contributed by atoms with Gasteiger partial charge in [-0.15, -0.1) is 0 Å². The van der Waals surface area contributed by atoms with Crippen LogP contribution in [0.3, 0.4) is 0 Å². The van der Waals surface area contributed by atoms with Crippen molar-refractivity contribution in [2.24, 2.45) is 0 Å². The molecule has 1 amide bonds. The zero-order chi connectivity index (χ0) is 18.8. The smallest absolute Gasteiger partial charge is 0.228 e. The van der Waals surface area contributed by atoms with E-state index in [1.165, 1.54) is 12.1 Å². The Labute approximate surface area is 159 Å². The van der Waals surface area contributed by atoms with E-state index in [2.05, 4.69) is 10.3 Å². The van der Waals surface area contributed by atoms with E-state index in [-0.39, 0.29) is 18.1 Å². The van der Waals surface area contributed by atoms with Gasteiger partial charge in [-0.25, -0.2) is 9.37 Å². The number of aromatic nitrogens is 1. The lowest BCUT2D eigenvalue weighted by molar-refractivity contribution is -0.115. The number of fused-ring (bicyclic) bond motifs is 1. The van der Waals surface area contributed by atoms with Crippen molar-refractivity contribution in [1.82, 2.24) is 4.98 Å². The molecular formula is C21H14ClFN2O2. The van der Waals surface area contributed by atoms with Crippen LogP contribution in [0.4, 0.5) is 10.1 Å². The molecule has 134 valence electrons. The number of amides is 1. The maximum atomic E-state index is 12.9. The minimum absolute atomic E-state index is 0.158. The third kappa shape index (κ3) is 3.99. The van der Waals surface area contributed by atoms with Crippen LogP contribution in [0, 0.1) is 5.82 Å². The molecule has 4 nitrogen and oxygen atoms in total. The fourth-order valence-electron chi connectivity index (χ4n) is 2.74. The Balaban J connectivity index is 1.53. The number of halogens is 2. The van der Waals surface area contributed by atoms with Gasteiger partial charge in [-0.1, -0.05) is 29.8 Å². The van der Waals surface area contributed by atoms with Gasteiger partial charge in [0.15, 0.2) is 5.58 Å². The highest BCUT2D eigenvalue weighted by Gasteiger charge is 2.11. The van der Waals surface area contributed by atoms with Gasteiger partial charge < -0.3 is 9.73 Å². The third-order valence-electron chi connectivity index (χ3n) is 4.02. The van der Waals surface area contributed by atoms with Gasteiger partial charge in [0.2, 0.25) is 11.8 Å². The van der Waals surface area contributed by atoms with Crippen LogP contribution in [0.15, 0.2) is 71.1 Å². The standard InChI is InChI=1S/C21H14ClFN2O2/c22-15-3-1-2-14(11-15)21-25-18-12-17(8-9-19(18)27-21)24-20(26)10-13-4-6-16(23)7-5-13/h1-9,11-12H,10H2,(H,24,26). The first kappa shape index (κ1) is 17.2. The largest absolute Gasteiger partial charge is 0.436 e. The molecule has 0 spiro atoms. The molecule has 0 aliphatic heterocycles. The molecule has 1 aromatic heterocycles. The predicted octanol–water partition coefficient (Wildman–Crippen LogP) is 5.47. The minimum Gasteiger partial charge on any atom is -0.436 e. The average Bonchev–Trinajstić information content (AvgIpc) is 3.07. The van der Waals surface area contributed by atoms with E-state index in [0.717, 1.165) is 11.1 Å². The molecule has 0 atom stereocenters. The van der Waals surface area contributed by atoms with Crippen LogP contribution in [-0.2, 0) is 11.2 Å². The molecule has 1 N–H and O–H groups in total. The van der Waals surface area contributed by atoms with Crippen LogP contribution in [0.2, 0.25) is 5.02 Å². The van der Waals surface area contributed by atoms with E-state index in [1.54, 1.807) is 42.5 Å². The second-order valence-corrected chi connectivity index (χ2v) is 6.50. The van der Waals surface area contributed by atoms with E-state index in [4.69, 9.17) is 16.0 Å². The lowest BCUT2D eigenvalue weighted by Gasteiger charge is -2.05. The number of rotatable bonds is 4. The summed E-state index contributed by atoms with van der Waals surface area (Å²) in [7, 11) is 0. The lowest BCUT2D eigenvalue weighted by Crippen LogP contribution is -2.14. The number of carbonyl (C=O) groups excluding carboxylic acids is 1. The van der Waals surface area contributed by atoms with Crippen LogP contribution in [0.25, 0.3) is 22.6 Å². The van der Waals surface area contributed by atoms with E-state index in [1.807, 2.05) is 12.1 Å². The summed E-state index contributed by atoms with van der Waals surface area (Å²) in [6.45, 7) is 0. The summed E-state index contributed by atoms with van der Waals surface area (Å²) in [5.41, 5.74) is 3.37. The van der Waals surface area contributed by atoms with E-state index in [0.29, 0.717) is 27.7 Å². The molecule has 0 saturated heterocycles. The SMILES string of the molecule is O=C(Cc1ccc(F)cc1)Nc1ccc2oc(-c3cccc(Cl)c3)nc2c1. The molecule has 6 heteroatoms. The van der Waals surface area contributed by atoms with Gasteiger partial charge in [0, 0.05) is 16.3 Å². The fourth-order valence-corrected chi connectivity index (χ4v) is 2.93. The number of carbonyl (C=O) groups is 1. The summed E-state index contributed by atoms with van der Waals surface area (Å²) < 4.78 is 18.7. The first-order valence-corrected chi connectivity index (χ1v) is 8.65. The summed E-state index contributed by atoms with van der Waals surface area (Å²) in [6.07, 6.45) is 0.158. The van der Waals surface area contributed by atoms with E-state index >= 15 is 0 Å². The second kappa shape index (κ2) is 7.21. The summed E-state index contributed by atoms with van der Waals surface area (Å²) >= 11 is 6.01. The number of nitrogens with one attached hydrogen (secondary N) is 1. The number of nitrogens with zero attached hydrogens (tertiary/aromatic N) is 1. The van der Waals surface area contributed by atoms with Gasteiger partial charge in [0.25, 0.3) is 0 Å². The zero-order valence-electron chi connectivity index (χ0n) is 14.1. The van der Waals surface area contributed by atoms with Gasteiger partial charge >= 0.3 is 0 Å². The van der Waals surface area contributed by atoms with Crippen LogP contribution < -0.4 is 5.32 Å². The highest BCUT2D eigenvalue weighted by atomic mass is 35.5. The van der Waals surface area contributed by atoms with Gasteiger partial charge in [0.1, 0.15) is 11.3 Å². The van der Waals surface area contributed by atoms with Crippen molar-refractivity contribution in [3.05, 3.63) is 83.1 Å². The number of oxazole rings is 1. The van der Waals surface area contributed by atoms with Crippen molar-refractivity contribution in [3.8, 4) is 11.5 Å². The minimum atomic E-state index is -0.328. The van der Waals surface area contributed by atoms with Crippen molar-refractivity contribution >= 4 is 34.3 Å². The van der Waals surface area contributed by atoms with Crippen LogP contribution in [0.1, 0.15) is 5.56 Å². The van der Waals surface area contributed by atoms with Crippen LogP contribution in [0.5, 0.6) is 0 Å². The average molecular weight is 381 g/mol. The van der Waals surface area contributed by atoms with Gasteiger partial charge in [-0.05, 0) is 54.1 Å². The van der Waals surface area contributed by atoms with Crippen LogP contribution >= 0.6 is 11.6 Å². The molecule has 0 aliphatic carbocycles. The number of hydrogen-bond donors (Lipinski definition) is 1. The Morgan fingerprint density at radius 1 is 1.07 bits per heavy atom. The van der Waals surface area contributed by atoms with Crippen molar-refractivity contribution in [1.29, 1.82) is 0 Å². The highest BCUT2D eigenvalue weighted by molar-refractivity contribution is 6.30. The number of benzene rings is 3. The fraction of sp³-hybridized carbons (Fsp3) is 0.0476. The molecule has 4 rings (SSSR count). The lowest BCUT2D eigenvalue weighted by atomic mass is 10.1. The maximum Gasteiger partial charge on any atom is 0.228 e. The van der Waals surface area contributed by atoms with Crippen molar-refractivity contribution in [2.45, 2.75) is 6.42 Å². The Morgan fingerprint density at radius 2 is 1.89 bits per heavy atom. The molecule has 0 aliphatic rings. The molecule has 0 bridgehead atoms. The molecule has 0 saturated carbocycles. The van der Waals surface area contributed by atoms with Gasteiger partial charge in [-0.2, -0.15) is 0 Å². The summed E-state index contributed by atoms with van der Waals surface area (Å²) in [6, 6.07) is 18.3. The van der Waals surface area contributed by atoms with E-state index < -0.39 is 0 Å². The Morgan fingerprint density at radius 3 is 2.67 bits per heavy atom. The molecule has 1 heterocycles. The maximum absolute atomic E-state index is 12.9. The molecule has 4 aromatic rings. The van der Waals surface area contributed by atoms with Crippen molar-refractivity contribution < 1.29 is 13.6 Å². The van der Waals surface area contributed by atoms with Crippen molar-refractivity contribution in [2.75, 3.05) is 5.32 Å². The summed E-state index contributed by atoms with van der Waals surface area (Å²) in [5, 5.41) is 3.42. The molecular weight excluding hydrogens is 367 g/mol. The molecule has 27 heavy (non-hydrogen) atoms. The van der Waals surface area contributed by atoms with Gasteiger partial charge in [0.05, 0.1) is 6.42 Å². The third-order valence-corrected chi connectivity index (χ3v) is 4.26. The molecule has 0 fully saturated rings.